The molecule has 3 rings (SSSR count). The Bertz CT molecular complexity index is 768. The Kier molecular flexibility index (Phi) is 4.54. The van der Waals surface area contributed by atoms with Crippen LogP contribution in [0.25, 0.3) is 0 Å². The summed E-state index contributed by atoms with van der Waals surface area (Å²) in [5, 5.41) is 7.52. The molecule has 128 valence electrons. The van der Waals surface area contributed by atoms with Gasteiger partial charge in [-0.1, -0.05) is 12.1 Å². The second-order valence-electron chi connectivity index (χ2n) is 6.62. The SMILES string of the molecule is CC(C)(C)n1nc2c(c1NC(=O)COc1ccccc1F)CSC2. The zero-order chi connectivity index (χ0) is 17.3. The van der Waals surface area contributed by atoms with E-state index in [0.717, 1.165) is 22.8 Å². The van der Waals surface area contributed by atoms with Gasteiger partial charge in [0.25, 0.3) is 5.91 Å². The molecule has 0 atom stereocenters. The first kappa shape index (κ1) is 16.8. The number of amides is 1. The number of hydrogen-bond acceptors (Lipinski definition) is 4. The lowest BCUT2D eigenvalue weighted by molar-refractivity contribution is -0.118. The summed E-state index contributed by atoms with van der Waals surface area (Å²) in [4.78, 5) is 12.3. The summed E-state index contributed by atoms with van der Waals surface area (Å²) in [6.45, 7) is 5.85. The summed E-state index contributed by atoms with van der Waals surface area (Å²) < 4.78 is 20.7. The van der Waals surface area contributed by atoms with E-state index in [1.165, 1.54) is 12.1 Å². The molecule has 0 saturated carbocycles. The van der Waals surface area contributed by atoms with Crippen LogP contribution in [0, 0.1) is 5.82 Å². The van der Waals surface area contributed by atoms with Gasteiger partial charge in [0.05, 0.1) is 11.2 Å². The van der Waals surface area contributed by atoms with Crippen LogP contribution in [-0.4, -0.2) is 22.3 Å². The van der Waals surface area contributed by atoms with Crippen molar-refractivity contribution in [1.29, 1.82) is 0 Å². The summed E-state index contributed by atoms with van der Waals surface area (Å²) in [5.74, 6) is 1.65. The molecule has 2 heterocycles. The predicted molar refractivity (Wildman–Crippen MR) is 92.7 cm³/mol. The third kappa shape index (κ3) is 3.40. The average molecular weight is 349 g/mol. The van der Waals surface area contributed by atoms with Gasteiger partial charge >= 0.3 is 0 Å². The Balaban J connectivity index is 1.74. The van der Waals surface area contributed by atoms with Crippen LogP contribution in [0.4, 0.5) is 10.2 Å². The molecule has 0 aliphatic carbocycles. The van der Waals surface area contributed by atoms with Crippen LogP contribution in [0.1, 0.15) is 32.0 Å². The minimum absolute atomic E-state index is 0.0674. The zero-order valence-electron chi connectivity index (χ0n) is 13.9. The van der Waals surface area contributed by atoms with Crippen molar-refractivity contribution in [2.45, 2.75) is 37.8 Å². The first-order valence-corrected chi connectivity index (χ1v) is 8.88. The number of benzene rings is 1. The molecule has 0 bridgehead atoms. The highest BCUT2D eigenvalue weighted by atomic mass is 32.2. The molecule has 1 aliphatic heterocycles. The van der Waals surface area contributed by atoms with Crippen LogP contribution in [0.5, 0.6) is 5.75 Å². The first-order chi connectivity index (χ1) is 11.4. The Hall–Kier alpha value is -2.02. The van der Waals surface area contributed by atoms with Gasteiger partial charge in [0, 0.05) is 17.1 Å². The van der Waals surface area contributed by atoms with Crippen LogP contribution >= 0.6 is 11.8 Å². The highest BCUT2D eigenvalue weighted by molar-refractivity contribution is 7.98. The van der Waals surface area contributed by atoms with Gasteiger partial charge in [0.15, 0.2) is 18.2 Å². The fourth-order valence-corrected chi connectivity index (χ4v) is 3.53. The maximum absolute atomic E-state index is 13.5. The van der Waals surface area contributed by atoms with Gasteiger partial charge in [-0.15, -0.1) is 0 Å². The molecule has 0 saturated heterocycles. The number of anilines is 1. The summed E-state index contributed by atoms with van der Waals surface area (Å²) in [7, 11) is 0. The third-order valence-electron chi connectivity index (χ3n) is 3.64. The van der Waals surface area contributed by atoms with Crippen molar-refractivity contribution in [2.24, 2.45) is 0 Å². The Morgan fingerprint density at radius 1 is 1.38 bits per heavy atom. The van der Waals surface area contributed by atoms with Gasteiger partial charge in [-0.2, -0.15) is 16.9 Å². The number of nitrogens with zero attached hydrogens (tertiary/aromatic N) is 2. The van der Waals surface area contributed by atoms with E-state index >= 15 is 0 Å². The normalized spacial score (nSPS) is 13.7. The fourth-order valence-electron chi connectivity index (χ4n) is 2.50. The smallest absolute Gasteiger partial charge is 0.263 e. The quantitative estimate of drug-likeness (QED) is 0.917. The topological polar surface area (TPSA) is 56.2 Å². The van der Waals surface area contributed by atoms with Gasteiger partial charge in [0.2, 0.25) is 0 Å². The maximum atomic E-state index is 13.5. The number of rotatable bonds is 4. The number of halogens is 1. The van der Waals surface area contributed by atoms with E-state index in [2.05, 4.69) is 10.4 Å². The molecule has 1 amide bonds. The van der Waals surface area contributed by atoms with Crippen molar-refractivity contribution >= 4 is 23.5 Å². The highest BCUT2D eigenvalue weighted by Crippen LogP contribution is 2.37. The van der Waals surface area contributed by atoms with Gasteiger partial charge in [-0.05, 0) is 32.9 Å². The summed E-state index contributed by atoms with van der Waals surface area (Å²) >= 11 is 1.77. The molecule has 24 heavy (non-hydrogen) atoms. The number of carbonyl (C=O) groups is 1. The molecular weight excluding hydrogens is 329 g/mol. The van der Waals surface area contributed by atoms with E-state index < -0.39 is 5.82 Å². The maximum Gasteiger partial charge on any atom is 0.263 e. The molecule has 0 spiro atoms. The van der Waals surface area contributed by atoms with E-state index in [1.807, 2.05) is 25.5 Å². The Morgan fingerprint density at radius 2 is 2.12 bits per heavy atom. The van der Waals surface area contributed by atoms with Crippen LogP contribution in [-0.2, 0) is 21.8 Å². The molecule has 2 aromatic rings. The molecule has 7 heteroatoms. The predicted octanol–water partition coefficient (Wildman–Crippen LogP) is 3.54. The molecule has 0 unspecified atom stereocenters. The number of thioether (sulfide) groups is 1. The number of aromatic nitrogens is 2. The van der Waals surface area contributed by atoms with Crippen molar-refractivity contribution in [3.05, 3.63) is 41.3 Å². The average Bonchev–Trinajstić information content (AvgIpc) is 3.08. The van der Waals surface area contributed by atoms with E-state index in [1.54, 1.807) is 23.9 Å². The lowest BCUT2D eigenvalue weighted by Crippen LogP contribution is -2.29. The molecule has 1 aromatic carbocycles. The van der Waals surface area contributed by atoms with Crippen LogP contribution in [0.3, 0.4) is 0 Å². The Labute approximate surface area is 144 Å². The molecule has 5 nitrogen and oxygen atoms in total. The van der Waals surface area contributed by atoms with Crippen molar-refractivity contribution in [2.75, 3.05) is 11.9 Å². The monoisotopic (exact) mass is 349 g/mol. The molecule has 1 N–H and O–H groups in total. The van der Waals surface area contributed by atoms with Crippen molar-refractivity contribution in [3.63, 3.8) is 0 Å². The second kappa shape index (κ2) is 6.47. The van der Waals surface area contributed by atoms with Crippen molar-refractivity contribution < 1.29 is 13.9 Å². The number of nitrogens with one attached hydrogen (secondary N) is 1. The third-order valence-corrected chi connectivity index (χ3v) is 4.61. The largest absolute Gasteiger partial charge is 0.481 e. The molecule has 0 fully saturated rings. The summed E-state index contributed by atoms with van der Waals surface area (Å²) in [6.07, 6.45) is 0. The second-order valence-corrected chi connectivity index (χ2v) is 7.60. The van der Waals surface area contributed by atoms with Crippen LogP contribution in [0.15, 0.2) is 24.3 Å². The fraction of sp³-hybridized carbons (Fsp3) is 0.412. The van der Waals surface area contributed by atoms with Gasteiger partial charge < -0.3 is 10.1 Å². The minimum atomic E-state index is -0.484. The first-order valence-electron chi connectivity index (χ1n) is 7.72. The number of ether oxygens (including phenoxy) is 1. The molecular formula is C17H20FN3O2S. The van der Waals surface area contributed by atoms with E-state index in [4.69, 9.17) is 4.74 Å². The number of para-hydroxylation sites is 1. The van der Waals surface area contributed by atoms with Gasteiger partial charge in [0.1, 0.15) is 5.82 Å². The van der Waals surface area contributed by atoms with Gasteiger partial charge in [-0.25, -0.2) is 9.07 Å². The standard InChI is InChI=1S/C17H20FN3O2S/c1-17(2,3)21-16(11-9-24-10-13(11)20-21)19-15(22)8-23-14-7-5-4-6-12(14)18/h4-7H,8-10H2,1-3H3,(H,19,22). The number of hydrogen-bond donors (Lipinski definition) is 1. The molecule has 1 aliphatic rings. The molecule has 0 radical (unpaired) electrons. The van der Waals surface area contributed by atoms with E-state index in [-0.39, 0.29) is 23.8 Å². The highest BCUT2D eigenvalue weighted by Gasteiger charge is 2.28. The van der Waals surface area contributed by atoms with Gasteiger partial charge in [-0.3, -0.25) is 4.79 Å². The zero-order valence-corrected chi connectivity index (χ0v) is 14.7. The summed E-state index contributed by atoms with van der Waals surface area (Å²) in [5.41, 5.74) is 1.83. The minimum Gasteiger partial charge on any atom is -0.481 e. The van der Waals surface area contributed by atoms with E-state index in [0.29, 0.717) is 5.82 Å². The van der Waals surface area contributed by atoms with Crippen molar-refractivity contribution in [1.82, 2.24) is 9.78 Å². The van der Waals surface area contributed by atoms with Crippen LogP contribution < -0.4 is 10.1 Å². The van der Waals surface area contributed by atoms with Crippen LogP contribution in [0.2, 0.25) is 0 Å². The van der Waals surface area contributed by atoms with Crippen molar-refractivity contribution in [3.8, 4) is 5.75 Å². The number of carbonyl (C=O) groups excluding carboxylic acids is 1. The number of fused-ring (bicyclic) bond motifs is 1. The lowest BCUT2D eigenvalue weighted by Gasteiger charge is -2.23. The summed E-state index contributed by atoms with van der Waals surface area (Å²) in [6, 6.07) is 6.03. The molecule has 1 aromatic heterocycles. The van der Waals surface area contributed by atoms with E-state index in [9.17, 15) is 9.18 Å². The Morgan fingerprint density at radius 3 is 2.83 bits per heavy atom. The lowest BCUT2D eigenvalue weighted by atomic mass is 10.1.